The number of amides is 1. The molecule has 5 heteroatoms. The Labute approximate surface area is 109 Å². The second-order valence-corrected chi connectivity index (χ2v) is 6.80. The first-order valence-electron chi connectivity index (χ1n) is 5.90. The number of fused-ring (bicyclic) bond motifs is 1. The number of thioether (sulfide) groups is 1. The van der Waals surface area contributed by atoms with Gasteiger partial charge in [0.1, 0.15) is 0 Å². The topological polar surface area (TPSA) is 40.5 Å². The number of likely N-dealkylation sites (tertiary alicyclic amines) is 1. The van der Waals surface area contributed by atoms with Crippen molar-refractivity contribution in [2.75, 3.05) is 18.8 Å². The molecule has 0 bridgehead atoms. The van der Waals surface area contributed by atoms with Crippen molar-refractivity contribution < 1.29 is 9.90 Å². The van der Waals surface area contributed by atoms with Gasteiger partial charge in [-0.2, -0.15) is 11.8 Å². The SMILES string of the molecule is O=C(c1cc2c(s1)CCSC2)N1CCC(O)C1. The second-order valence-electron chi connectivity index (χ2n) is 4.56. The van der Waals surface area contributed by atoms with Crippen LogP contribution in [0.15, 0.2) is 6.07 Å². The minimum atomic E-state index is -0.330. The molecule has 1 atom stereocenters. The number of aryl methyl sites for hydroxylation is 1. The number of rotatable bonds is 1. The molecule has 3 rings (SSSR count). The minimum absolute atomic E-state index is 0.103. The van der Waals surface area contributed by atoms with Gasteiger partial charge in [-0.3, -0.25) is 4.79 Å². The number of hydrogen-bond acceptors (Lipinski definition) is 4. The minimum Gasteiger partial charge on any atom is -0.391 e. The first kappa shape index (κ1) is 11.6. The number of nitrogens with zero attached hydrogens (tertiary/aromatic N) is 1. The quantitative estimate of drug-likeness (QED) is 0.844. The third-order valence-electron chi connectivity index (χ3n) is 3.29. The molecule has 1 fully saturated rings. The Kier molecular flexibility index (Phi) is 3.15. The number of β-amino-alcohol motifs (C(OH)–C–C–N with tert-alkyl or cyclic N) is 1. The van der Waals surface area contributed by atoms with Crippen LogP contribution in [0.25, 0.3) is 0 Å². The Balaban J connectivity index is 1.79. The van der Waals surface area contributed by atoms with E-state index in [0.717, 1.165) is 17.1 Å². The molecule has 1 saturated heterocycles. The Morgan fingerprint density at radius 2 is 2.41 bits per heavy atom. The molecule has 92 valence electrons. The molecule has 1 aromatic heterocycles. The predicted octanol–water partition coefficient (Wildman–Crippen LogP) is 1.74. The summed E-state index contributed by atoms with van der Waals surface area (Å²) in [5, 5.41) is 9.46. The second kappa shape index (κ2) is 4.63. The van der Waals surface area contributed by atoms with Crippen molar-refractivity contribution in [2.24, 2.45) is 0 Å². The van der Waals surface area contributed by atoms with E-state index in [1.807, 2.05) is 11.8 Å². The van der Waals surface area contributed by atoms with Crippen molar-refractivity contribution in [2.45, 2.75) is 24.7 Å². The fraction of sp³-hybridized carbons (Fsp3) is 0.583. The van der Waals surface area contributed by atoms with Crippen LogP contribution in [0.3, 0.4) is 0 Å². The molecule has 3 nitrogen and oxygen atoms in total. The summed E-state index contributed by atoms with van der Waals surface area (Å²) in [6.07, 6.45) is 1.48. The van der Waals surface area contributed by atoms with Gasteiger partial charge in [-0.25, -0.2) is 0 Å². The Hall–Kier alpha value is -0.520. The van der Waals surface area contributed by atoms with Gasteiger partial charge in [-0.1, -0.05) is 0 Å². The lowest BCUT2D eigenvalue weighted by Crippen LogP contribution is -2.28. The highest BCUT2D eigenvalue weighted by Gasteiger charge is 2.27. The number of carbonyl (C=O) groups is 1. The van der Waals surface area contributed by atoms with Crippen LogP contribution in [0.1, 0.15) is 26.5 Å². The highest BCUT2D eigenvalue weighted by atomic mass is 32.2. The van der Waals surface area contributed by atoms with Gasteiger partial charge >= 0.3 is 0 Å². The zero-order chi connectivity index (χ0) is 11.8. The van der Waals surface area contributed by atoms with Gasteiger partial charge in [0.2, 0.25) is 0 Å². The molecule has 0 aliphatic carbocycles. The molecule has 0 saturated carbocycles. The average Bonchev–Trinajstić information content (AvgIpc) is 2.93. The third-order valence-corrected chi connectivity index (χ3v) is 5.52. The van der Waals surface area contributed by atoms with Crippen molar-refractivity contribution in [3.8, 4) is 0 Å². The highest BCUT2D eigenvalue weighted by molar-refractivity contribution is 7.98. The van der Waals surface area contributed by atoms with E-state index in [9.17, 15) is 9.90 Å². The first-order chi connectivity index (χ1) is 8.24. The van der Waals surface area contributed by atoms with Crippen LogP contribution in [0, 0.1) is 0 Å². The van der Waals surface area contributed by atoms with Crippen LogP contribution in [0.4, 0.5) is 0 Å². The van der Waals surface area contributed by atoms with Crippen molar-refractivity contribution in [3.05, 3.63) is 21.4 Å². The molecule has 17 heavy (non-hydrogen) atoms. The van der Waals surface area contributed by atoms with Crippen molar-refractivity contribution in [1.82, 2.24) is 4.90 Å². The zero-order valence-corrected chi connectivity index (χ0v) is 11.1. The fourth-order valence-electron chi connectivity index (χ4n) is 2.33. The lowest BCUT2D eigenvalue weighted by atomic mass is 10.2. The summed E-state index contributed by atoms with van der Waals surface area (Å²) in [5.41, 5.74) is 1.34. The van der Waals surface area contributed by atoms with Crippen molar-refractivity contribution in [1.29, 1.82) is 0 Å². The molecule has 3 heterocycles. The molecular weight excluding hydrogens is 254 g/mol. The molecule has 2 aliphatic heterocycles. The van der Waals surface area contributed by atoms with E-state index in [1.54, 1.807) is 16.2 Å². The highest BCUT2D eigenvalue weighted by Crippen LogP contribution is 2.32. The zero-order valence-electron chi connectivity index (χ0n) is 9.52. The number of aliphatic hydroxyl groups is 1. The smallest absolute Gasteiger partial charge is 0.264 e. The van der Waals surface area contributed by atoms with E-state index in [-0.39, 0.29) is 12.0 Å². The maximum atomic E-state index is 12.2. The summed E-state index contributed by atoms with van der Waals surface area (Å²) >= 11 is 3.58. The normalized spacial score (nSPS) is 23.8. The molecule has 0 radical (unpaired) electrons. The number of thiophene rings is 1. The van der Waals surface area contributed by atoms with Gasteiger partial charge in [-0.15, -0.1) is 11.3 Å². The predicted molar refractivity (Wildman–Crippen MR) is 70.7 cm³/mol. The van der Waals surface area contributed by atoms with Crippen LogP contribution < -0.4 is 0 Å². The molecule has 1 aromatic rings. The molecule has 1 unspecified atom stereocenters. The fourth-order valence-corrected chi connectivity index (χ4v) is 4.67. The lowest BCUT2D eigenvalue weighted by Gasteiger charge is -2.13. The molecule has 1 N–H and O–H groups in total. The summed E-state index contributed by atoms with van der Waals surface area (Å²) in [5.74, 6) is 2.32. The molecular formula is C12H15NO2S2. The molecule has 0 aromatic carbocycles. The van der Waals surface area contributed by atoms with E-state index >= 15 is 0 Å². The Bertz CT molecular complexity index is 420. The van der Waals surface area contributed by atoms with Crippen LogP contribution in [0.2, 0.25) is 0 Å². The van der Waals surface area contributed by atoms with Gasteiger partial charge < -0.3 is 10.0 Å². The monoisotopic (exact) mass is 269 g/mol. The van der Waals surface area contributed by atoms with Gasteiger partial charge in [0, 0.05) is 23.7 Å². The van der Waals surface area contributed by atoms with Crippen LogP contribution in [0.5, 0.6) is 0 Å². The maximum absolute atomic E-state index is 12.2. The Morgan fingerprint density at radius 1 is 1.53 bits per heavy atom. The molecule has 2 aliphatic rings. The van der Waals surface area contributed by atoms with E-state index in [1.165, 1.54) is 16.2 Å². The van der Waals surface area contributed by atoms with E-state index in [2.05, 4.69) is 6.07 Å². The summed E-state index contributed by atoms with van der Waals surface area (Å²) in [6.45, 7) is 1.19. The maximum Gasteiger partial charge on any atom is 0.264 e. The molecule has 1 amide bonds. The number of carbonyl (C=O) groups excluding carboxylic acids is 1. The first-order valence-corrected chi connectivity index (χ1v) is 7.88. The van der Waals surface area contributed by atoms with Gasteiger partial charge in [0.15, 0.2) is 0 Å². The number of aliphatic hydroxyl groups excluding tert-OH is 1. The summed E-state index contributed by atoms with van der Waals surface area (Å²) in [7, 11) is 0. The molecule has 0 spiro atoms. The van der Waals surface area contributed by atoms with Crippen LogP contribution in [-0.4, -0.2) is 40.9 Å². The van der Waals surface area contributed by atoms with E-state index in [4.69, 9.17) is 0 Å². The Morgan fingerprint density at radius 3 is 3.12 bits per heavy atom. The van der Waals surface area contributed by atoms with Gasteiger partial charge in [0.05, 0.1) is 11.0 Å². The summed E-state index contributed by atoms with van der Waals surface area (Å²) in [4.78, 5) is 16.2. The van der Waals surface area contributed by atoms with Crippen molar-refractivity contribution in [3.63, 3.8) is 0 Å². The number of hydrogen-bond donors (Lipinski definition) is 1. The largest absolute Gasteiger partial charge is 0.391 e. The summed E-state index contributed by atoms with van der Waals surface area (Å²) in [6, 6.07) is 2.05. The lowest BCUT2D eigenvalue weighted by molar-refractivity contribution is 0.0769. The van der Waals surface area contributed by atoms with Gasteiger partial charge in [-0.05, 0) is 30.2 Å². The van der Waals surface area contributed by atoms with E-state index < -0.39 is 0 Å². The van der Waals surface area contributed by atoms with Gasteiger partial charge in [0.25, 0.3) is 5.91 Å². The summed E-state index contributed by atoms with van der Waals surface area (Å²) < 4.78 is 0. The van der Waals surface area contributed by atoms with Crippen LogP contribution >= 0.6 is 23.1 Å². The van der Waals surface area contributed by atoms with Crippen LogP contribution in [-0.2, 0) is 12.2 Å². The van der Waals surface area contributed by atoms with Crippen molar-refractivity contribution >= 4 is 29.0 Å². The van der Waals surface area contributed by atoms with E-state index in [0.29, 0.717) is 19.5 Å². The standard InChI is InChI=1S/C12H15NO2S2/c14-9-1-3-13(6-9)12(15)11-5-8-7-16-4-2-10(8)17-11/h5,9,14H,1-4,6-7H2. The third kappa shape index (κ3) is 2.23. The average molecular weight is 269 g/mol.